The molecule has 1 saturated heterocycles. The highest BCUT2D eigenvalue weighted by molar-refractivity contribution is 6.10. The number of alkyl halides is 3. The summed E-state index contributed by atoms with van der Waals surface area (Å²) in [5.74, 6) is -0.235. The molecule has 10 heteroatoms. The van der Waals surface area contributed by atoms with Crippen molar-refractivity contribution in [3.05, 3.63) is 76.1 Å². The van der Waals surface area contributed by atoms with Crippen LogP contribution in [-0.4, -0.2) is 39.7 Å². The van der Waals surface area contributed by atoms with Crippen molar-refractivity contribution in [1.29, 1.82) is 0 Å². The maximum Gasteiger partial charge on any atom is 0.416 e. The molecule has 1 aromatic heterocycles. The molecule has 3 aromatic rings. The first kappa shape index (κ1) is 25.1. The molecule has 1 atom stereocenters. The van der Waals surface area contributed by atoms with Crippen molar-refractivity contribution < 1.29 is 22.7 Å². The Balaban J connectivity index is 1.33. The van der Waals surface area contributed by atoms with Crippen LogP contribution in [0.15, 0.2) is 42.6 Å². The lowest BCUT2D eigenvalue weighted by molar-refractivity contribution is -0.138. The fourth-order valence-electron chi connectivity index (χ4n) is 5.73. The number of nitrogens with zero attached hydrogens (tertiary/aromatic N) is 4. The Bertz CT molecular complexity index is 1380. The number of halogens is 3. The molecule has 1 N–H and O–H groups in total. The summed E-state index contributed by atoms with van der Waals surface area (Å²) in [5, 5.41) is 11.7. The normalized spacial score (nSPS) is 19.7. The summed E-state index contributed by atoms with van der Waals surface area (Å²) < 4.78 is 49.7. The number of hydrogen-bond acceptors (Lipinski definition) is 5. The van der Waals surface area contributed by atoms with Gasteiger partial charge in [-0.25, -0.2) is 4.68 Å². The van der Waals surface area contributed by atoms with Crippen molar-refractivity contribution in [2.45, 2.75) is 64.0 Å². The Morgan fingerprint density at radius 2 is 2.00 bits per heavy atom. The van der Waals surface area contributed by atoms with E-state index >= 15 is 0 Å². The summed E-state index contributed by atoms with van der Waals surface area (Å²) in [6, 6.07) is 10.1. The molecule has 0 bridgehead atoms. The number of hydrogen-bond donors (Lipinski definition) is 1. The molecule has 0 spiro atoms. The lowest BCUT2D eigenvalue weighted by atomic mass is 9.78. The van der Waals surface area contributed by atoms with Crippen LogP contribution in [0.1, 0.15) is 70.5 Å². The number of ether oxygens (including phenoxy) is 1. The summed E-state index contributed by atoms with van der Waals surface area (Å²) in [4.78, 5) is 15.0. The van der Waals surface area contributed by atoms with E-state index < -0.39 is 17.6 Å². The van der Waals surface area contributed by atoms with Crippen LogP contribution in [0, 0.1) is 12.8 Å². The summed E-state index contributed by atoms with van der Waals surface area (Å²) in [6.07, 6.45) is 0.232. The van der Waals surface area contributed by atoms with Gasteiger partial charge in [-0.15, -0.1) is 5.10 Å². The lowest BCUT2D eigenvalue weighted by Crippen LogP contribution is -2.47. The van der Waals surface area contributed by atoms with E-state index in [1.54, 1.807) is 18.3 Å². The van der Waals surface area contributed by atoms with Gasteiger partial charge in [0.25, 0.3) is 5.91 Å². The molecule has 1 saturated carbocycles. The van der Waals surface area contributed by atoms with Crippen LogP contribution < -0.4 is 10.2 Å². The maximum atomic E-state index is 14.2. The van der Waals surface area contributed by atoms with Crippen molar-refractivity contribution in [2.75, 3.05) is 18.1 Å². The zero-order valence-electron chi connectivity index (χ0n) is 21.4. The Hall–Kier alpha value is -3.24. The van der Waals surface area contributed by atoms with E-state index in [0.717, 1.165) is 30.5 Å². The molecule has 0 radical (unpaired) electrons. The SMILES string of the molecule is Cc1cnnn1[C@H](c1cccc(N2Cc3c(cc(CNC4(C)CCC4)cc3C(F)(F)F)C2=O)c1)C1COC1. The predicted octanol–water partition coefficient (Wildman–Crippen LogP) is 5.03. The van der Waals surface area contributed by atoms with E-state index in [0.29, 0.717) is 24.5 Å². The second-order valence-electron chi connectivity index (χ2n) is 11.0. The molecule has 1 aliphatic carbocycles. The van der Waals surface area contributed by atoms with Gasteiger partial charge in [0, 0.05) is 29.3 Å². The van der Waals surface area contributed by atoms with Crippen molar-refractivity contribution in [3.63, 3.8) is 0 Å². The van der Waals surface area contributed by atoms with Crippen LogP contribution in [0.25, 0.3) is 0 Å². The zero-order valence-corrected chi connectivity index (χ0v) is 21.4. The number of aromatic nitrogens is 3. The molecule has 0 unspecified atom stereocenters. The lowest BCUT2D eigenvalue weighted by Gasteiger charge is -2.39. The van der Waals surface area contributed by atoms with Gasteiger partial charge in [0.15, 0.2) is 0 Å². The summed E-state index contributed by atoms with van der Waals surface area (Å²) in [5.41, 5.74) is 2.19. The third kappa shape index (κ3) is 4.39. The van der Waals surface area contributed by atoms with Crippen LogP contribution in [0.3, 0.4) is 0 Å². The summed E-state index contributed by atoms with van der Waals surface area (Å²) in [6.45, 7) is 5.32. The van der Waals surface area contributed by atoms with E-state index in [-0.39, 0.29) is 41.7 Å². The van der Waals surface area contributed by atoms with Crippen LogP contribution in [-0.2, 0) is 24.0 Å². The van der Waals surface area contributed by atoms with E-state index in [9.17, 15) is 18.0 Å². The second kappa shape index (κ2) is 9.20. The van der Waals surface area contributed by atoms with Crippen molar-refractivity contribution in [2.24, 2.45) is 5.92 Å². The molecule has 38 heavy (non-hydrogen) atoms. The van der Waals surface area contributed by atoms with Gasteiger partial charge in [-0.3, -0.25) is 4.79 Å². The highest BCUT2D eigenvalue weighted by atomic mass is 19.4. The molecule has 2 aromatic carbocycles. The van der Waals surface area contributed by atoms with E-state index in [2.05, 4.69) is 22.6 Å². The monoisotopic (exact) mass is 525 g/mol. The van der Waals surface area contributed by atoms with Crippen molar-refractivity contribution in [3.8, 4) is 0 Å². The Labute approximate surface area is 219 Å². The minimum atomic E-state index is -4.56. The Kier molecular flexibility index (Phi) is 6.07. The number of nitrogens with one attached hydrogen (secondary N) is 1. The molecular formula is C28H30F3N5O2. The number of anilines is 1. The molecule has 3 aliphatic rings. The van der Waals surface area contributed by atoms with Gasteiger partial charge in [-0.1, -0.05) is 17.3 Å². The summed E-state index contributed by atoms with van der Waals surface area (Å²) >= 11 is 0. The zero-order chi connectivity index (χ0) is 26.7. The Morgan fingerprint density at radius 3 is 2.61 bits per heavy atom. The highest BCUT2D eigenvalue weighted by Gasteiger charge is 2.41. The first-order valence-corrected chi connectivity index (χ1v) is 13.0. The highest BCUT2D eigenvalue weighted by Crippen LogP contribution is 2.41. The van der Waals surface area contributed by atoms with Gasteiger partial charge in [-0.2, -0.15) is 13.2 Å². The standard InChI is InChI=1S/C28H30F3N5O2/c1-17-12-33-34-36(17)25(20-15-38-16-20)19-5-3-6-21(11-19)35-14-23-22(26(35)37)9-18(10-24(23)28(29,30)31)13-32-27(2)7-4-8-27/h3,5-6,9-12,20,25,32H,4,7-8,13-16H2,1-2H3/t25-/m1/s1. The largest absolute Gasteiger partial charge is 0.416 e. The first-order valence-electron chi connectivity index (χ1n) is 13.0. The van der Waals surface area contributed by atoms with Crippen LogP contribution in [0.4, 0.5) is 18.9 Å². The number of aryl methyl sites for hydroxylation is 1. The van der Waals surface area contributed by atoms with Gasteiger partial charge in [0.05, 0.1) is 43.3 Å². The minimum absolute atomic E-state index is 0.0302. The van der Waals surface area contributed by atoms with Gasteiger partial charge in [0.2, 0.25) is 0 Å². The van der Waals surface area contributed by atoms with Crippen molar-refractivity contribution >= 4 is 11.6 Å². The van der Waals surface area contributed by atoms with Gasteiger partial charge in [0.1, 0.15) is 0 Å². The van der Waals surface area contributed by atoms with Crippen LogP contribution >= 0.6 is 0 Å². The van der Waals surface area contributed by atoms with E-state index in [1.165, 1.54) is 11.0 Å². The smallest absolute Gasteiger partial charge is 0.381 e. The molecular weight excluding hydrogens is 495 g/mol. The van der Waals surface area contributed by atoms with Gasteiger partial charge >= 0.3 is 6.18 Å². The molecule has 7 nitrogen and oxygen atoms in total. The molecule has 3 heterocycles. The molecule has 2 aliphatic heterocycles. The molecule has 200 valence electrons. The number of carbonyl (C=O) groups excluding carboxylic acids is 1. The van der Waals surface area contributed by atoms with E-state index in [1.807, 2.05) is 29.8 Å². The second-order valence-corrected chi connectivity index (χ2v) is 11.0. The quantitative estimate of drug-likeness (QED) is 0.468. The Morgan fingerprint density at radius 1 is 1.21 bits per heavy atom. The molecule has 6 rings (SSSR count). The number of carbonyl (C=O) groups is 1. The first-order chi connectivity index (χ1) is 18.1. The molecule has 2 fully saturated rings. The fourth-order valence-corrected chi connectivity index (χ4v) is 5.73. The number of benzene rings is 2. The summed E-state index contributed by atoms with van der Waals surface area (Å²) in [7, 11) is 0. The predicted molar refractivity (Wildman–Crippen MR) is 135 cm³/mol. The number of fused-ring (bicyclic) bond motifs is 1. The molecule has 1 amide bonds. The number of rotatable bonds is 7. The van der Waals surface area contributed by atoms with Gasteiger partial charge in [-0.05, 0) is 74.1 Å². The van der Waals surface area contributed by atoms with Crippen LogP contribution in [0.5, 0.6) is 0 Å². The van der Waals surface area contributed by atoms with Gasteiger partial charge < -0.3 is 15.0 Å². The third-order valence-electron chi connectivity index (χ3n) is 8.23. The van der Waals surface area contributed by atoms with Crippen LogP contribution in [0.2, 0.25) is 0 Å². The van der Waals surface area contributed by atoms with E-state index in [4.69, 9.17) is 4.74 Å². The minimum Gasteiger partial charge on any atom is -0.381 e. The average Bonchev–Trinajstić information content (AvgIpc) is 3.40. The third-order valence-corrected chi connectivity index (χ3v) is 8.23. The fraction of sp³-hybridized carbons (Fsp3) is 0.464. The average molecular weight is 526 g/mol. The van der Waals surface area contributed by atoms with Crippen molar-refractivity contribution in [1.82, 2.24) is 20.3 Å². The number of amides is 1. The topological polar surface area (TPSA) is 72.3 Å². The maximum absolute atomic E-state index is 14.2.